The lowest BCUT2D eigenvalue weighted by atomic mass is 10.1. The molecule has 2 saturated carbocycles. The molecule has 11 heteroatoms. The van der Waals surface area contributed by atoms with E-state index in [0.717, 1.165) is 51.7 Å². The summed E-state index contributed by atoms with van der Waals surface area (Å²) in [6, 6.07) is 4.85. The Labute approximate surface area is 231 Å². The van der Waals surface area contributed by atoms with Gasteiger partial charge in [-0.15, -0.1) is 0 Å². The summed E-state index contributed by atoms with van der Waals surface area (Å²) in [5.74, 6) is 1.35. The zero-order valence-electron chi connectivity index (χ0n) is 21.6. The minimum atomic E-state index is 0.263. The average molecular weight is 543 g/mol. The van der Waals surface area contributed by atoms with Crippen molar-refractivity contribution in [3.05, 3.63) is 54.3 Å². The maximum Gasteiger partial charge on any atom is 0.221 e. The Balaban J connectivity index is 0.000000142. The van der Waals surface area contributed by atoms with E-state index in [9.17, 15) is 0 Å². The van der Waals surface area contributed by atoms with E-state index >= 15 is 0 Å². The van der Waals surface area contributed by atoms with E-state index in [1.165, 1.54) is 38.5 Å². The predicted octanol–water partition coefficient (Wildman–Crippen LogP) is 5.81. The molecule has 0 unspecified atom stereocenters. The molecular formula is C28H31ClN10. The lowest BCUT2D eigenvalue weighted by Gasteiger charge is -2.16. The Kier molecular flexibility index (Phi) is 7.10. The number of hydrogen-bond acceptors (Lipinski definition) is 9. The first-order chi connectivity index (χ1) is 19.1. The Morgan fingerprint density at radius 1 is 0.769 bits per heavy atom. The van der Waals surface area contributed by atoms with Gasteiger partial charge in [0.05, 0.1) is 16.7 Å². The van der Waals surface area contributed by atoms with Crippen LogP contribution in [0, 0.1) is 0 Å². The highest BCUT2D eigenvalue weighted by molar-refractivity contribution is 6.33. The van der Waals surface area contributed by atoms with Gasteiger partial charge < -0.3 is 21.4 Å². The topological polar surface area (TPSA) is 146 Å². The van der Waals surface area contributed by atoms with Crippen molar-refractivity contribution in [2.45, 2.75) is 63.5 Å². The molecule has 0 atom stereocenters. The minimum Gasteiger partial charge on any atom is -0.368 e. The summed E-state index contributed by atoms with van der Waals surface area (Å²) in [7, 11) is 0. The molecule has 5 heterocycles. The van der Waals surface area contributed by atoms with Crippen molar-refractivity contribution >= 4 is 51.3 Å². The molecule has 200 valence electrons. The highest BCUT2D eigenvalue weighted by atomic mass is 35.5. The first-order valence-electron chi connectivity index (χ1n) is 13.4. The van der Waals surface area contributed by atoms with Gasteiger partial charge in [-0.1, -0.05) is 37.3 Å². The number of halogens is 1. The number of rotatable bonds is 4. The second kappa shape index (κ2) is 11.0. The Bertz CT molecular complexity index is 1610. The van der Waals surface area contributed by atoms with Crippen LogP contribution in [0.1, 0.15) is 57.4 Å². The number of pyridine rings is 2. The van der Waals surface area contributed by atoms with Crippen molar-refractivity contribution in [2.24, 2.45) is 0 Å². The fourth-order valence-electron chi connectivity index (χ4n) is 5.77. The summed E-state index contributed by atoms with van der Waals surface area (Å²) in [5, 5.41) is 6.28. The Hall–Kier alpha value is -4.05. The molecule has 2 fully saturated rings. The van der Waals surface area contributed by atoms with E-state index < -0.39 is 0 Å². The number of nitrogens with zero attached hydrogens (tertiary/aromatic N) is 7. The lowest BCUT2D eigenvalue weighted by Crippen LogP contribution is -2.17. The molecule has 5 N–H and O–H groups in total. The van der Waals surface area contributed by atoms with Crippen LogP contribution >= 0.6 is 11.6 Å². The summed E-state index contributed by atoms with van der Waals surface area (Å²) in [6.07, 6.45) is 20.4. The third-order valence-electron chi connectivity index (χ3n) is 7.62. The molecule has 5 aromatic heterocycles. The third-order valence-corrected chi connectivity index (χ3v) is 7.92. The van der Waals surface area contributed by atoms with Gasteiger partial charge in [-0.2, -0.15) is 9.97 Å². The van der Waals surface area contributed by atoms with Crippen LogP contribution in [0.4, 0.5) is 17.7 Å². The lowest BCUT2D eigenvalue weighted by molar-refractivity contribution is 0.546. The van der Waals surface area contributed by atoms with Crippen molar-refractivity contribution in [3.63, 3.8) is 0 Å². The van der Waals surface area contributed by atoms with Crippen LogP contribution < -0.4 is 16.8 Å². The maximum atomic E-state index is 6.21. The van der Waals surface area contributed by atoms with Crippen molar-refractivity contribution in [3.8, 4) is 11.1 Å². The molecule has 10 nitrogen and oxygen atoms in total. The van der Waals surface area contributed by atoms with Crippen molar-refractivity contribution in [1.29, 1.82) is 0 Å². The van der Waals surface area contributed by atoms with E-state index in [1.807, 2.05) is 30.7 Å². The third kappa shape index (κ3) is 5.16. The fourth-order valence-corrected chi connectivity index (χ4v) is 5.99. The van der Waals surface area contributed by atoms with E-state index in [4.69, 9.17) is 23.1 Å². The van der Waals surface area contributed by atoms with Crippen LogP contribution in [0.3, 0.4) is 0 Å². The molecule has 39 heavy (non-hydrogen) atoms. The number of nitrogen functional groups attached to an aromatic ring is 2. The maximum absolute atomic E-state index is 6.21. The number of hydrogen-bond donors (Lipinski definition) is 3. The van der Waals surface area contributed by atoms with Gasteiger partial charge in [0.15, 0.2) is 0 Å². The van der Waals surface area contributed by atoms with Crippen LogP contribution in [-0.4, -0.2) is 40.5 Å². The van der Waals surface area contributed by atoms with E-state index in [1.54, 1.807) is 18.6 Å². The molecule has 7 rings (SSSR count). The molecule has 2 aliphatic carbocycles. The zero-order chi connectivity index (χ0) is 26.8. The summed E-state index contributed by atoms with van der Waals surface area (Å²) in [6.45, 7) is 0. The molecular weight excluding hydrogens is 512 g/mol. The molecule has 0 aliphatic heterocycles. The number of nitrogens with one attached hydrogen (secondary N) is 1. The van der Waals surface area contributed by atoms with Gasteiger partial charge in [0.1, 0.15) is 11.5 Å². The monoisotopic (exact) mass is 542 g/mol. The predicted molar refractivity (Wildman–Crippen MR) is 155 cm³/mol. The van der Waals surface area contributed by atoms with Gasteiger partial charge in [-0.05, 0) is 37.8 Å². The molecule has 5 aromatic rings. The molecule has 0 spiro atoms. The van der Waals surface area contributed by atoms with Crippen LogP contribution in [0.15, 0.2) is 49.3 Å². The van der Waals surface area contributed by atoms with Crippen LogP contribution in [0.5, 0.6) is 0 Å². The van der Waals surface area contributed by atoms with Crippen LogP contribution in [0.2, 0.25) is 5.02 Å². The van der Waals surface area contributed by atoms with Gasteiger partial charge in [-0.25, -0.2) is 9.97 Å². The zero-order valence-corrected chi connectivity index (χ0v) is 22.3. The first kappa shape index (κ1) is 25.2. The minimum absolute atomic E-state index is 0.263. The van der Waals surface area contributed by atoms with Gasteiger partial charge in [-0.3, -0.25) is 9.97 Å². The fraction of sp³-hybridized carbons (Fsp3) is 0.357. The summed E-state index contributed by atoms with van der Waals surface area (Å²) < 4.78 is 2.31. The highest BCUT2D eigenvalue weighted by Gasteiger charge is 2.23. The Morgan fingerprint density at radius 2 is 1.46 bits per heavy atom. The normalized spacial score (nSPS) is 16.0. The van der Waals surface area contributed by atoms with Crippen molar-refractivity contribution in [1.82, 2.24) is 34.5 Å². The second-order valence-corrected chi connectivity index (χ2v) is 10.5. The van der Waals surface area contributed by atoms with E-state index in [0.29, 0.717) is 23.1 Å². The quantitative estimate of drug-likeness (QED) is 0.256. The number of aromatic nitrogens is 7. The number of nitrogens with two attached hydrogens (primary N) is 2. The number of anilines is 3. The van der Waals surface area contributed by atoms with Gasteiger partial charge in [0, 0.05) is 65.0 Å². The van der Waals surface area contributed by atoms with Crippen molar-refractivity contribution in [2.75, 3.05) is 16.8 Å². The molecule has 0 aromatic carbocycles. The Morgan fingerprint density at radius 3 is 2.26 bits per heavy atom. The van der Waals surface area contributed by atoms with Gasteiger partial charge in [0.2, 0.25) is 11.9 Å². The average Bonchev–Trinajstić information content (AvgIpc) is 3.70. The summed E-state index contributed by atoms with van der Waals surface area (Å²) in [4.78, 5) is 25.3. The largest absolute Gasteiger partial charge is 0.368 e. The van der Waals surface area contributed by atoms with Crippen LogP contribution in [-0.2, 0) is 0 Å². The summed E-state index contributed by atoms with van der Waals surface area (Å²) >= 11 is 6.21. The molecule has 0 saturated heterocycles. The van der Waals surface area contributed by atoms with Gasteiger partial charge in [0.25, 0.3) is 0 Å². The molecule has 0 radical (unpaired) electrons. The molecule has 0 amide bonds. The molecule has 2 aliphatic rings. The molecule has 0 bridgehead atoms. The second-order valence-electron chi connectivity index (χ2n) is 10.1. The smallest absolute Gasteiger partial charge is 0.221 e. The number of fused-ring (bicyclic) bond motifs is 3. The summed E-state index contributed by atoms with van der Waals surface area (Å²) in [5.41, 5.74) is 15.3. The van der Waals surface area contributed by atoms with Gasteiger partial charge >= 0.3 is 0 Å². The highest BCUT2D eigenvalue weighted by Crippen LogP contribution is 2.37. The van der Waals surface area contributed by atoms with E-state index in [-0.39, 0.29) is 5.95 Å². The SMILES string of the molecule is Nc1ncc(-c2ccncc2Cl)c(NC2CCCC2)n1.Nc1ncc2c3ccncc3n(C3CCCC3)c2n1. The van der Waals surface area contributed by atoms with Crippen LogP contribution in [0.25, 0.3) is 33.1 Å². The first-order valence-corrected chi connectivity index (χ1v) is 13.8. The standard InChI is InChI=1S/C14H16ClN5.C14H15N5/c15-12-8-17-6-5-10(12)11-7-18-14(16)20-13(11)19-9-3-1-2-4-9;15-14-17-7-11-10-5-6-16-8-12(10)19(13(11)18-14)9-3-1-2-4-9/h5-9H,1-4H2,(H3,16,18,19,20);5-9H,1-4H2,(H2,15,17,18). The van der Waals surface area contributed by atoms with E-state index in [2.05, 4.69) is 39.8 Å². The van der Waals surface area contributed by atoms with Crippen molar-refractivity contribution < 1.29 is 0 Å².